The number of pyridine rings is 1. The maximum atomic E-state index is 12.0. The molecule has 0 amide bonds. The maximum absolute atomic E-state index is 12.0. The van der Waals surface area contributed by atoms with Crippen molar-refractivity contribution in [1.82, 2.24) is 9.88 Å². The predicted molar refractivity (Wildman–Crippen MR) is 61.3 cm³/mol. The van der Waals surface area contributed by atoms with Crippen molar-refractivity contribution in [3.8, 4) is 6.07 Å². The summed E-state index contributed by atoms with van der Waals surface area (Å²) in [4.78, 5) is 12.0. The van der Waals surface area contributed by atoms with Crippen LogP contribution in [0.1, 0.15) is 30.1 Å². The Labute approximate surface area is 94.5 Å². The summed E-state index contributed by atoms with van der Waals surface area (Å²) in [7, 11) is 0. The Morgan fingerprint density at radius 1 is 1.44 bits per heavy atom. The third-order valence-electron chi connectivity index (χ3n) is 3.11. The van der Waals surface area contributed by atoms with Crippen molar-refractivity contribution in [3.05, 3.63) is 33.7 Å². The van der Waals surface area contributed by atoms with Crippen molar-refractivity contribution in [1.29, 1.82) is 5.26 Å². The second-order valence-corrected chi connectivity index (χ2v) is 4.16. The van der Waals surface area contributed by atoms with Crippen LogP contribution < -0.4 is 10.9 Å². The molecule has 0 saturated carbocycles. The Morgan fingerprint density at radius 3 is 2.75 bits per heavy atom. The van der Waals surface area contributed by atoms with Gasteiger partial charge in [0.1, 0.15) is 11.6 Å². The molecular formula is C12H15N3O. The molecule has 0 radical (unpaired) electrons. The average Bonchev–Trinajstić information content (AvgIpc) is 2.31. The zero-order valence-electron chi connectivity index (χ0n) is 9.36. The molecule has 1 aromatic heterocycles. The summed E-state index contributed by atoms with van der Waals surface area (Å²) < 4.78 is 1.78. The van der Waals surface area contributed by atoms with Crippen LogP contribution in [0.3, 0.4) is 0 Å². The fourth-order valence-corrected chi connectivity index (χ4v) is 2.25. The Bertz CT molecular complexity index is 478. The van der Waals surface area contributed by atoms with Crippen molar-refractivity contribution in [2.75, 3.05) is 13.1 Å². The lowest BCUT2D eigenvalue weighted by Gasteiger charge is -2.26. The van der Waals surface area contributed by atoms with E-state index >= 15 is 0 Å². The van der Waals surface area contributed by atoms with Gasteiger partial charge in [-0.3, -0.25) is 4.79 Å². The van der Waals surface area contributed by atoms with E-state index in [4.69, 9.17) is 5.26 Å². The fourth-order valence-electron chi connectivity index (χ4n) is 2.25. The van der Waals surface area contributed by atoms with Gasteiger partial charge in [0.25, 0.3) is 5.56 Å². The molecule has 4 nitrogen and oxygen atoms in total. The van der Waals surface area contributed by atoms with Crippen molar-refractivity contribution in [3.63, 3.8) is 0 Å². The highest BCUT2D eigenvalue weighted by Crippen LogP contribution is 2.18. The summed E-state index contributed by atoms with van der Waals surface area (Å²) in [5.74, 6) is 0. The van der Waals surface area contributed by atoms with Gasteiger partial charge in [-0.25, -0.2) is 0 Å². The standard InChI is InChI=1S/C12H15N3O/c1-9-2-3-10(8-13)12(16)15(9)11-4-6-14-7-5-11/h2-3,11,14H,4-7H2,1H3. The molecule has 1 aliphatic rings. The number of rotatable bonds is 1. The van der Waals surface area contributed by atoms with E-state index in [1.807, 2.05) is 19.1 Å². The molecule has 4 heteroatoms. The lowest BCUT2D eigenvalue weighted by molar-refractivity contribution is 0.355. The van der Waals surface area contributed by atoms with Gasteiger partial charge in [0.05, 0.1) is 0 Å². The van der Waals surface area contributed by atoms with Crippen LogP contribution in [0, 0.1) is 18.3 Å². The normalized spacial score (nSPS) is 17.0. The summed E-state index contributed by atoms with van der Waals surface area (Å²) in [6.45, 7) is 3.80. The minimum atomic E-state index is -0.144. The van der Waals surface area contributed by atoms with E-state index in [0.717, 1.165) is 31.6 Å². The van der Waals surface area contributed by atoms with Crippen molar-refractivity contribution >= 4 is 0 Å². The molecule has 2 rings (SSSR count). The predicted octanol–water partition coefficient (Wildman–Crippen LogP) is 0.953. The lowest BCUT2D eigenvalue weighted by atomic mass is 10.1. The van der Waals surface area contributed by atoms with Crippen LogP contribution in [0.2, 0.25) is 0 Å². The van der Waals surface area contributed by atoms with Crippen LogP contribution in [0.15, 0.2) is 16.9 Å². The first-order valence-corrected chi connectivity index (χ1v) is 5.57. The van der Waals surface area contributed by atoms with Crippen molar-refractivity contribution in [2.45, 2.75) is 25.8 Å². The van der Waals surface area contributed by atoms with Gasteiger partial charge in [0.15, 0.2) is 0 Å². The minimum Gasteiger partial charge on any atom is -0.317 e. The number of hydrogen-bond donors (Lipinski definition) is 1. The third kappa shape index (κ3) is 1.86. The molecule has 1 aromatic rings. The molecule has 0 atom stereocenters. The lowest BCUT2D eigenvalue weighted by Crippen LogP contribution is -2.35. The van der Waals surface area contributed by atoms with E-state index < -0.39 is 0 Å². The number of piperidine rings is 1. The topological polar surface area (TPSA) is 57.8 Å². The molecule has 1 N–H and O–H groups in total. The first-order valence-electron chi connectivity index (χ1n) is 5.57. The molecule has 1 saturated heterocycles. The number of aryl methyl sites for hydroxylation is 1. The van der Waals surface area contributed by atoms with E-state index in [0.29, 0.717) is 0 Å². The molecule has 0 unspecified atom stereocenters. The first kappa shape index (κ1) is 10.9. The smallest absolute Gasteiger partial charge is 0.268 e. The molecule has 1 fully saturated rings. The van der Waals surface area contributed by atoms with Gasteiger partial charge >= 0.3 is 0 Å². The highest BCUT2D eigenvalue weighted by Gasteiger charge is 2.18. The number of nitriles is 1. The van der Waals surface area contributed by atoms with Crippen LogP contribution in [0.4, 0.5) is 0 Å². The zero-order valence-corrected chi connectivity index (χ0v) is 9.36. The summed E-state index contributed by atoms with van der Waals surface area (Å²) in [6, 6.07) is 5.65. The second kappa shape index (κ2) is 4.50. The average molecular weight is 217 g/mol. The third-order valence-corrected chi connectivity index (χ3v) is 3.11. The van der Waals surface area contributed by atoms with Gasteiger partial charge in [0.2, 0.25) is 0 Å². The van der Waals surface area contributed by atoms with E-state index in [2.05, 4.69) is 5.32 Å². The Morgan fingerprint density at radius 2 is 2.12 bits per heavy atom. The molecular weight excluding hydrogens is 202 g/mol. The maximum Gasteiger partial charge on any atom is 0.268 e. The van der Waals surface area contributed by atoms with Crippen molar-refractivity contribution in [2.24, 2.45) is 0 Å². The summed E-state index contributed by atoms with van der Waals surface area (Å²) in [5.41, 5.74) is 1.04. The van der Waals surface area contributed by atoms with Crippen molar-refractivity contribution < 1.29 is 0 Å². The van der Waals surface area contributed by atoms with E-state index in [1.54, 1.807) is 10.6 Å². The highest BCUT2D eigenvalue weighted by atomic mass is 16.1. The monoisotopic (exact) mass is 217 g/mol. The minimum absolute atomic E-state index is 0.144. The summed E-state index contributed by atoms with van der Waals surface area (Å²) in [6.07, 6.45) is 1.91. The van der Waals surface area contributed by atoms with Gasteiger partial charge in [0, 0.05) is 11.7 Å². The van der Waals surface area contributed by atoms with Crippen LogP contribution in [0.5, 0.6) is 0 Å². The molecule has 1 aliphatic heterocycles. The van der Waals surface area contributed by atoms with Crippen LogP contribution in [-0.4, -0.2) is 17.7 Å². The van der Waals surface area contributed by atoms with Gasteiger partial charge in [-0.2, -0.15) is 5.26 Å². The van der Waals surface area contributed by atoms with Crippen LogP contribution in [-0.2, 0) is 0 Å². The Kier molecular flexibility index (Phi) is 3.07. The number of nitrogens with zero attached hydrogens (tertiary/aromatic N) is 2. The highest BCUT2D eigenvalue weighted by molar-refractivity contribution is 5.27. The Hall–Kier alpha value is -1.60. The SMILES string of the molecule is Cc1ccc(C#N)c(=O)n1C1CCNCC1. The fraction of sp³-hybridized carbons (Fsp3) is 0.500. The van der Waals surface area contributed by atoms with Gasteiger partial charge in [-0.05, 0) is 45.0 Å². The van der Waals surface area contributed by atoms with Crippen LogP contribution >= 0.6 is 0 Å². The zero-order chi connectivity index (χ0) is 11.5. The second-order valence-electron chi connectivity index (χ2n) is 4.16. The van der Waals surface area contributed by atoms with E-state index in [-0.39, 0.29) is 17.2 Å². The molecule has 0 bridgehead atoms. The quantitative estimate of drug-likeness (QED) is 0.762. The molecule has 2 heterocycles. The molecule has 84 valence electrons. The number of nitrogens with one attached hydrogen (secondary N) is 1. The van der Waals surface area contributed by atoms with Gasteiger partial charge in [-0.1, -0.05) is 0 Å². The molecule has 0 aromatic carbocycles. The van der Waals surface area contributed by atoms with Gasteiger partial charge < -0.3 is 9.88 Å². The molecule has 0 spiro atoms. The van der Waals surface area contributed by atoms with Gasteiger partial charge in [-0.15, -0.1) is 0 Å². The summed E-state index contributed by atoms with van der Waals surface area (Å²) >= 11 is 0. The van der Waals surface area contributed by atoms with E-state index in [1.165, 1.54) is 0 Å². The molecule has 0 aliphatic carbocycles. The number of aromatic nitrogens is 1. The number of hydrogen-bond acceptors (Lipinski definition) is 3. The molecule has 16 heavy (non-hydrogen) atoms. The first-order chi connectivity index (χ1) is 7.74. The summed E-state index contributed by atoms with van der Waals surface area (Å²) in [5, 5.41) is 12.1. The van der Waals surface area contributed by atoms with E-state index in [9.17, 15) is 4.79 Å². The largest absolute Gasteiger partial charge is 0.317 e. The van der Waals surface area contributed by atoms with Crippen LogP contribution in [0.25, 0.3) is 0 Å². The Balaban J connectivity index is 2.46.